The molecule has 1 aromatic heterocycles. The number of rotatable bonds is 10. The van der Waals surface area contributed by atoms with Crippen molar-refractivity contribution in [3.63, 3.8) is 0 Å². The van der Waals surface area contributed by atoms with E-state index in [0.29, 0.717) is 31.6 Å². The fourth-order valence-electron chi connectivity index (χ4n) is 3.61. The molecule has 2 atom stereocenters. The summed E-state index contributed by atoms with van der Waals surface area (Å²) < 4.78 is 11.0. The molecule has 6 heteroatoms. The minimum Gasteiger partial charge on any atom is -0.492 e. The monoisotopic (exact) mass is 377 g/mol. The summed E-state index contributed by atoms with van der Waals surface area (Å²) in [5.74, 6) is 1.89. The second kappa shape index (κ2) is 11.2. The molecule has 0 unspecified atom stereocenters. The summed E-state index contributed by atoms with van der Waals surface area (Å²) in [6.45, 7) is 11.2. The van der Waals surface area contributed by atoms with Gasteiger partial charge in [0.25, 0.3) is 0 Å². The number of amides is 1. The second-order valence-electron chi connectivity index (χ2n) is 7.99. The van der Waals surface area contributed by atoms with Gasteiger partial charge >= 0.3 is 0 Å². The molecule has 2 heterocycles. The Balaban J connectivity index is 1.90. The molecule has 1 aliphatic heterocycles. The Morgan fingerprint density at radius 3 is 2.85 bits per heavy atom. The van der Waals surface area contributed by atoms with Crippen molar-refractivity contribution < 1.29 is 14.3 Å². The van der Waals surface area contributed by atoms with Gasteiger partial charge in [0.2, 0.25) is 5.91 Å². The molecule has 1 aliphatic rings. The first kappa shape index (κ1) is 21.6. The molecule has 0 bridgehead atoms. The molecule has 1 aromatic rings. The third-order valence-corrected chi connectivity index (χ3v) is 4.80. The number of hydrogen-bond acceptors (Lipinski definition) is 5. The number of piperidine rings is 1. The van der Waals surface area contributed by atoms with Crippen LogP contribution in [0.2, 0.25) is 0 Å². The van der Waals surface area contributed by atoms with Crippen LogP contribution in [0.5, 0.6) is 5.75 Å². The second-order valence-corrected chi connectivity index (χ2v) is 7.99. The van der Waals surface area contributed by atoms with E-state index in [0.717, 1.165) is 43.9 Å². The van der Waals surface area contributed by atoms with Crippen molar-refractivity contribution in [3.05, 3.63) is 24.0 Å². The van der Waals surface area contributed by atoms with E-state index >= 15 is 0 Å². The molecule has 0 aliphatic carbocycles. The lowest BCUT2D eigenvalue weighted by Crippen LogP contribution is -2.48. The van der Waals surface area contributed by atoms with E-state index in [9.17, 15) is 4.79 Å². The van der Waals surface area contributed by atoms with Gasteiger partial charge in [0.15, 0.2) is 0 Å². The van der Waals surface area contributed by atoms with Crippen molar-refractivity contribution in [1.29, 1.82) is 0 Å². The van der Waals surface area contributed by atoms with Gasteiger partial charge in [-0.15, -0.1) is 0 Å². The van der Waals surface area contributed by atoms with Crippen LogP contribution in [0.15, 0.2) is 18.3 Å². The first-order valence-corrected chi connectivity index (χ1v) is 10.0. The number of nitrogens with zero attached hydrogens (tertiary/aromatic N) is 2. The van der Waals surface area contributed by atoms with Crippen molar-refractivity contribution in [3.8, 4) is 5.75 Å². The minimum atomic E-state index is 0.0183. The molecule has 0 saturated carbocycles. The van der Waals surface area contributed by atoms with Crippen molar-refractivity contribution >= 4 is 5.91 Å². The molecule has 1 N–H and O–H groups in total. The molecule has 0 spiro atoms. The third kappa shape index (κ3) is 7.85. The van der Waals surface area contributed by atoms with E-state index in [4.69, 9.17) is 9.47 Å². The Labute approximate surface area is 163 Å². The molecule has 1 amide bonds. The fraction of sp³-hybridized carbons (Fsp3) is 0.714. The van der Waals surface area contributed by atoms with E-state index in [1.54, 1.807) is 13.3 Å². The number of ether oxygens (including phenoxy) is 2. The number of hydrogen-bond donors (Lipinski definition) is 1. The average Bonchev–Trinajstić information content (AvgIpc) is 2.64. The Morgan fingerprint density at radius 1 is 1.37 bits per heavy atom. The predicted molar refractivity (Wildman–Crippen MR) is 107 cm³/mol. The number of aryl methyl sites for hydroxylation is 1. The molecule has 0 aromatic carbocycles. The first-order valence-electron chi connectivity index (χ1n) is 10.0. The molecule has 2 rings (SSSR count). The molecular formula is C21H35N3O3. The van der Waals surface area contributed by atoms with Crippen LogP contribution in [-0.4, -0.2) is 62.3 Å². The summed E-state index contributed by atoms with van der Waals surface area (Å²) in [4.78, 5) is 19.3. The number of nitrogens with one attached hydrogen (secondary N) is 1. The van der Waals surface area contributed by atoms with Gasteiger partial charge in [0.1, 0.15) is 5.75 Å². The predicted octanol–water partition coefficient (Wildman–Crippen LogP) is 2.52. The van der Waals surface area contributed by atoms with Crippen LogP contribution in [0.4, 0.5) is 0 Å². The maximum atomic E-state index is 12.6. The summed E-state index contributed by atoms with van der Waals surface area (Å²) in [6, 6.07) is 3.91. The third-order valence-electron chi connectivity index (χ3n) is 4.80. The smallest absolute Gasteiger partial charge is 0.224 e. The highest BCUT2D eigenvalue weighted by Crippen LogP contribution is 2.24. The van der Waals surface area contributed by atoms with Gasteiger partial charge in [-0.25, -0.2) is 0 Å². The van der Waals surface area contributed by atoms with Crippen LogP contribution < -0.4 is 10.1 Å². The van der Waals surface area contributed by atoms with E-state index in [2.05, 4.69) is 29.0 Å². The average molecular weight is 378 g/mol. The molecule has 6 nitrogen and oxygen atoms in total. The van der Waals surface area contributed by atoms with Gasteiger partial charge in [-0.2, -0.15) is 0 Å². The zero-order valence-corrected chi connectivity index (χ0v) is 17.2. The first-order chi connectivity index (χ1) is 13.0. The Kier molecular flexibility index (Phi) is 9.01. The molecule has 27 heavy (non-hydrogen) atoms. The zero-order valence-electron chi connectivity index (χ0n) is 17.2. The lowest BCUT2D eigenvalue weighted by atomic mass is 9.88. The summed E-state index contributed by atoms with van der Waals surface area (Å²) >= 11 is 0. The lowest BCUT2D eigenvalue weighted by Gasteiger charge is -2.37. The topological polar surface area (TPSA) is 63.7 Å². The van der Waals surface area contributed by atoms with E-state index in [1.165, 1.54) is 0 Å². The number of carbonyl (C=O) groups excluding carboxylic acids is 1. The van der Waals surface area contributed by atoms with E-state index in [-0.39, 0.29) is 11.8 Å². The Hall–Kier alpha value is -1.66. The molecule has 0 radical (unpaired) electrons. The van der Waals surface area contributed by atoms with E-state index < -0.39 is 0 Å². The summed E-state index contributed by atoms with van der Waals surface area (Å²) in [5.41, 5.74) is 0.980. The van der Waals surface area contributed by atoms with Gasteiger partial charge in [0.05, 0.1) is 18.7 Å². The van der Waals surface area contributed by atoms with E-state index in [1.807, 2.05) is 19.1 Å². The van der Waals surface area contributed by atoms with Crippen molar-refractivity contribution in [1.82, 2.24) is 15.2 Å². The van der Waals surface area contributed by atoms with Gasteiger partial charge in [-0.3, -0.25) is 9.78 Å². The van der Waals surface area contributed by atoms with Crippen LogP contribution in [-0.2, 0) is 9.53 Å². The normalized spacial score (nSPS) is 20.6. The van der Waals surface area contributed by atoms with Gasteiger partial charge in [-0.05, 0) is 37.8 Å². The SMILES string of the molecule is COCCCNC(=O)[C@@H]1C[C@H](COc2ccc(C)nc2)CN(CC(C)C)C1. The number of aromatic nitrogens is 1. The van der Waals surface area contributed by atoms with Crippen LogP contribution in [0, 0.1) is 24.7 Å². The lowest BCUT2D eigenvalue weighted by molar-refractivity contribution is -0.127. The van der Waals surface area contributed by atoms with Crippen molar-refractivity contribution in [2.75, 3.05) is 46.5 Å². The van der Waals surface area contributed by atoms with Crippen LogP contribution in [0.3, 0.4) is 0 Å². The highest BCUT2D eigenvalue weighted by molar-refractivity contribution is 5.79. The summed E-state index contributed by atoms with van der Waals surface area (Å²) in [5, 5.41) is 3.07. The number of pyridine rings is 1. The largest absolute Gasteiger partial charge is 0.492 e. The number of carbonyl (C=O) groups is 1. The molecule has 1 fully saturated rings. The van der Waals surface area contributed by atoms with Crippen molar-refractivity contribution in [2.24, 2.45) is 17.8 Å². The highest BCUT2D eigenvalue weighted by atomic mass is 16.5. The van der Waals surface area contributed by atoms with Gasteiger partial charge in [-0.1, -0.05) is 13.8 Å². The molecular weight excluding hydrogens is 342 g/mol. The highest BCUT2D eigenvalue weighted by Gasteiger charge is 2.32. The van der Waals surface area contributed by atoms with Crippen molar-refractivity contribution in [2.45, 2.75) is 33.6 Å². The van der Waals surface area contributed by atoms with Crippen LogP contribution in [0.1, 0.15) is 32.4 Å². The standard InChI is InChI=1S/C21H35N3O3/c1-16(2)12-24-13-18(15-27-20-7-6-17(3)23-11-20)10-19(14-24)21(25)22-8-5-9-26-4/h6-7,11,16,18-19H,5,8-10,12-15H2,1-4H3,(H,22,25)/t18-,19+/m0/s1. The van der Waals surface area contributed by atoms with Gasteiger partial charge in [0, 0.05) is 51.5 Å². The fourth-order valence-corrected chi connectivity index (χ4v) is 3.61. The zero-order chi connectivity index (χ0) is 19.6. The minimum absolute atomic E-state index is 0.0183. The van der Waals surface area contributed by atoms with Crippen LogP contribution >= 0.6 is 0 Å². The van der Waals surface area contributed by atoms with Crippen LogP contribution in [0.25, 0.3) is 0 Å². The maximum Gasteiger partial charge on any atom is 0.224 e. The number of methoxy groups -OCH3 is 1. The Bertz CT molecular complexity index is 562. The Morgan fingerprint density at radius 2 is 2.19 bits per heavy atom. The quantitative estimate of drug-likeness (QED) is 0.635. The maximum absolute atomic E-state index is 12.6. The number of likely N-dealkylation sites (tertiary alicyclic amines) is 1. The summed E-state index contributed by atoms with van der Waals surface area (Å²) in [6.07, 6.45) is 3.48. The summed E-state index contributed by atoms with van der Waals surface area (Å²) in [7, 11) is 1.68. The molecule has 1 saturated heterocycles. The van der Waals surface area contributed by atoms with Gasteiger partial charge < -0.3 is 19.7 Å². The molecule has 152 valence electrons.